The third kappa shape index (κ3) is 6.93. The largest absolute Gasteiger partial charge is 0.466 e. The lowest BCUT2D eigenvalue weighted by Crippen LogP contribution is -2.52. The zero-order chi connectivity index (χ0) is 22.3. The Kier molecular flexibility index (Phi) is 8.57. The summed E-state index contributed by atoms with van der Waals surface area (Å²) in [6.07, 6.45) is -3.21. The van der Waals surface area contributed by atoms with Crippen LogP contribution < -0.4 is 5.32 Å². The van der Waals surface area contributed by atoms with Gasteiger partial charge < -0.3 is 15.0 Å². The average molecular weight is 446 g/mol. The summed E-state index contributed by atoms with van der Waals surface area (Å²) in [6, 6.07) is 3.89. The maximum Gasteiger partial charge on any atom is 0.416 e. The minimum atomic E-state index is -4.46. The second-order valence-electron chi connectivity index (χ2n) is 6.97. The van der Waals surface area contributed by atoms with Gasteiger partial charge in [0.1, 0.15) is 6.04 Å². The summed E-state index contributed by atoms with van der Waals surface area (Å²) >= 11 is 1.05. The first-order valence-electron chi connectivity index (χ1n) is 9.64. The summed E-state index contributed by atoms with van der Waals surface area (Å²) in [6.45, 7) is 3.88. The molecule has 1 aliphatic rings. The highest BCUT2D eigenvalue weighted by molar-refractivity contribution is 7.99. The Labute approximate surface area is 177 Å². The standard InChI is InChI=1S/C20H25F3N2O4S/c1-3-29-19(28)14-6-5-9-25(11-14)18(27)17(24-13(2)26)12-30-16-8-4-7-15(10-16)20(21,22)23/h4,7-8,10,14,17H,3,5-6,9,11-12H2,1-2H3,(H,24,26). The lowest BCUT2D eigenvalue weighted by molar-refractivity contribution is -0.151. The van der Waals surface area contributed by atoms with Gasteiger partial charge >= 0.3 is 12.1 Å². The zero-order valence-electron chi connectivity index (χ0n) is 16.8. The van der Waals surface area contributed by atoms with Crippen LogP contribution in [0.1, 0.15) is 32.3 Å². The Bertz CT molecular complexity index is 773. The Balaban J connectivity index is 2.07. The fraction of sp³-hybridized carbons (Fsp3) is 0.550. The molecule has 10 heteroatoms. The molecule has 2 unspecified atom stereocenters. The molecule has 1 saturated heterocycles. The molecule has 1 N–H and O–H groups in total. The van der Waals surface area contributed by atoms with Crippen molar-refractivity contribution in [2.24, 2.45) is 5.92 Å². The smallest absolute Gasteiger partial charge is 0.416 e. The monoisotopic (exact) mass is 446 g/mol. The number of benzene rings is 1. The molecule has 0 aliphatic carbocycles. The number of piperidine rings is 1. The molecule has 30 heavy (non-hydrogen) atoms. The molecule has 1 fully saturated rings. The van der Waals surface area contributed by atoms with Crippen LogP contribution in [0.3, 0.4) is 0 Å². The number of hydrogen-bond acceptors (Lipinski definition) is 5. The number of hydrogen-bond donors (Lipinski definition) is 1. The van der Waals surface area contributed by atoms with Crippen LogP contribution in [0.2, 0.25) is 0 Å². The second-order valence-corrected chi connectivity index (χ2v) is 8.06. The van der Waals surface area contributed by atoms with E-state index in [1.807, 2.05) is 0 Å². The minimum Gasteiger partial charge on any atom is -0.466 e. The van der Waals surface area contributed by atoms with Crippen molar-refractivity contribution in [3.05, 3.63) is 29.8 Å². The van der Waals surface area contributed by atoms with Crippen LogP contribution >= 0.6 is 11.8 Å². The van der Waals surface area contributed by atoms with Gasteiger partial charge in [-0.05, 0) is 38.0 Å². The molecule has 0 aromatic heterocycles. The summed E-state index contributed by atoms with van der Waals surface area (Å²) in [5, 5.41) is 2.57. The van der Waals surface area contributed by atoms with Crippen LogP contribution in [0.4, 0.5) is 13.2 Å². The first-order valence-corrected chi connectivity index (χ1v) is 10.6. The predicted octanol–water partition coefficient (Wildman–Crippen LogP) is 3.10. The van der Waals surface area contributed by atoms with E-state index in [9.17, 15) is 27.6 Å². The molecule has 0 bridgehead atoms. The van der Waals surface area contributed by atoms with Crippen molar-refractivity contribution in [2.75, 3.05) is 25.4 Å². The highest BCUT2D eigenvalue weighted by Gasteiger charge is 2.33. The van der Waals surface area contributed by atoms with Crippen molar-refractivity contribution in [3.8, 4) is 0 Å². The summed E-state index contributed by atoms with van der Waals surface area (Å²) in [5.74, 6) is -1.49. The van der Waals surface area contributed by atoms with Crippen LogP contribution in [-0.2, 0) is 25.3 Å². The van der Waals surface area contributed by atoms with Gasteiger partial charge in [0.2, 0.25) is 11.8 Å². The molecule has 0 radical (unpaired) electrons. The first-order chi connectivity index (χ1) is 14.1. The average Bonchev–Trinajstić information content (AvgIpc) is 2.70. The number of halogens is 3. The van der Waals surface area contributed by atoms with E-state index in [-0.39, 0.29) is 30.8 Å². The first kappa shape index (κ1) is 24.0. The number of ether oxygens (including phenoxy) is 1. The maximum atomic E-state index is 13.0. The number of amides is 2. The molecular weight excluding hydrogens is 421 g/mol. The third-order valence-electron chi connectivity index (χ3n) is 4.61. The molecule has 166 valence electrons. The van der Waals surface area contributed by atoms with E-state index in [2.05, 4.69) is 5.32 Å². The van der Waals surface area contributed by atoms with Crippen molar-refractivity contribution >= 4 is 29.5 Å². The maximum absolute atomic E-state index is 13.0. The highest BCUT2D eigenvalue weighted by atomic mass is 32.2. The summed E-state index contributed by atoms with van der Waals surface area (Å²) < 4.78 is 43.7. The molecule has 0 spiro atoms. The normalized spacial score (nSPS) is 17.9. The number of carbonyl (C=O) groups excluding carboxylic acids is 3. The number of esters is 1. The van der Waals surface area contributed by atoms with Crippen molar-refractivity contribution in [1.29, 1.82) is 0 Å². The Hall–Kier alpha value is -2.23. The van der Waals surface area contributed by atoms with E-state index in [4.69, 9.17) is 4.74 Å². The predicted molar refractivity (Wildman–Crippen MR) is 106 cm³/mol. The van der Waals surface area contributed by atoms with Gasteiger partial charge in [0.15, 0.2) is 0 Å². The fourth-order valence-electron chi connectivity index (χ4n) is 3.21. The van der Waals surface area contributed by atoms with Gasteiger partial charge in [-0.1, -0.05) is 6.07 Å². The van der Waals surface area contributed by atoms with Crippen molar-refractivity contribution in [3.63, 3.8) is 0 Å². The van der Waals surface area contributed by atoms with Crippen LogP contribution in [0.15, 0.2) is 29.2 Å². The van der Waals surface area contributed by atoms with Gasteiger partial charge in [0.25, 0.3) is 0 Å². The third-order valence-corrected chi connectivity index (χ3v) is 5.69. The second kappa shape index (κ2) is 10.7. The summed E-state index contributed by atoms with van der Waals surface area (Å²) in [7, 11) is 0. The number of thioether (sulfide) groups is 1. The van der Waals surface area contributed by atoms with Crippen molar-refractivity contribution in [2.45, 2.75) is 43.8 Å². The molecule has 0 saturated carbocycles. The fourth-order valence-corrected chi connectivity index (χ4v) is 4.18. The molecule has 6 nitrogen and oxygen atoms in total. The lowest BCUT2D eigenvalue weighted by atomic mass is 9.97. The number of rotatable bonds is 7. The van der Waals surface area contributed by atoms with Gasteiger partial charge in [0, 0.05) is 30.7 Å². The van der Waals surface area contributed by atoms with Gasteiger partial charge in [-0.2, -0.15) is 13.2 Å². The number of nitrogens with zero attached hydrogens (tertiary/aromatic N) is 1. The van der Waals surface area contributed by atoms with Crippen LogP contribution in [-0.4, -0.2) is 54.2 Å². The quantitative estimate of drug-likeness (QED) is 0.515. The number of likely N-dealkylation sites (tertiary alicyclic amines) is 1. The molecule has 1 aliphatic heterocycles. The van der Waals surface area contributed by atoms with E-state index in [1.54, 1.807) is 6.92 Å². The lowest BCUT2D eigenvalue weighted by Gasteiger charge is -2.34. The molecule has 1 aromatic rings. The van der Waals surface area contributed by atoms with E-state index in [0.717, 1.165) is 23.9 Å². The van der Waals surface area contributed by atoms with E-state index >= 15 is 0 Å². The molecule has 2 atom stereocenters. The van der Waals surface area contributed by atoms with Gasteiger partial charge in [-0.25, -0.2) is 0 Å². The summed E-state index contributed by atoms with van der Waals surface area (Å²) in [5.41, 5.74) is -0.775. The molecule has 1 aromatic carbocycles. The van der Waals surface area contributed by atoms with E-state index in [1.165, 1.54) is 24.0 Å². The molecule has 2 amide bonds. The summed E-state index contributed by atoms with van der Waals surface area (Å²) in [4.78, 5) is 38.4. The number of nitrogens with one attached hydrogen (secondary N) is 1. The van der Waals surface area contributed by atoms with Crippen molar-refractivity contribution < 1.29 is 32.3 Å². The van der Waals surface area contributed by atoms with Gasteiger partial charge in [-0.15, -0.1) is 11.8 Å². The SMILES string of the molecule is CCOC(=O)C1CCCN(C(=O)C(CSc2cccc(C(F)(F)F)c2)NC(C)=O)C1. The number of carbonyl (C=O) groups is 3. The number of alkyl halides is 3. The highest BCUT2D eigenvalue weighted by Crippen LogP contribution is 2.32. The molecular formula is C20H25F3N2O4S. The van der Waals surface area contributed by atoms with Gasteiger partial charge in [0.05, 0.1) is 18.1 Å². The van der Waals surface area contributed by atoms with Crippen molar-refractivity contribution in [1.82, 2.24) is 10.2 Å². The topological polar surface area (TPSA) is 75.7 Å². The van der Waals surface area contributed by atoms with Crippen LogP contribution in [0.25, 0.3) is 0 Å². The van der Waals surface area contributed by atoms with Crippen LogP contribution in [0.5, 0.6) is 0 Å². The Morgan fingerprint density at radius 3 is 2.70 bits per heavy atom. The molecule has 1 heterocycles. The molecule has 2 rings (SSSR count). The van der Waals surface area contributed by atoms with E-state index < -0.39 is 29.6 Å². The van der Waals surface area contributed by atoms with Crippen LogP contribution in [0, 0.1) is 5.92 Å². The van der Waals surface area contributed by atoms with E-state index in [0.29, 0.717) is 24.3 Å². The van der Waals surface area contributed by atoms with Gasteiger partial charge in [-0.3, -0.25) is 14.4 Å². The minimum absolute atomic E-state index is 0.0697. The Morgan fingerprint density at radius 2 is 2.07 bits per heavy atom. The zero-order valence-corrected chi connectivity index (χ0v) is 17.6. The Morgan fingerprint density at radius 1 is 1.33 bits per heavy atom.